The molecular formula is C59H64N14O3Si. The molecule has 18 heteroatoms. The van der Waals surface area contributed by atoms with E-state index in [0.717, 1.165) is 69.5 Å². The number of rotatable bonds is 22. The number of hydrogen-bond acceptors (Lipinski definition) is 15. The van der Waals surface area contributed by atoms with Crippen molar-refractivity contribution in [2.24, 2.45) is 0 Å². The smallest absolute Gasteiger partial charge is 0.197 e. The summed E-state index contributed by atoms with van der Waals surface area (Å²) < 4.78 is 17.0. The minimum absolute atomic E-state index is 0.197. The van der Waals surface area contributed by atoms with E-state index in [-0.39, 0.29) is 12.1 Å². The fourth-order valence-electron chi connectivity index (χ4n) is 7.74. The van der Waals surface area contributed by atoms with Crippen LogP contribution in [0, 0.1) is 0 Å². The van der Waals surface area contributed by atoms with E-state index < -0.39 is 8.07 Å². The first kappa shape index (κ1) is 54.3. The number of anilines is 2. The van der Waals surface area contributed by atoms with Gasteiger partial charge in [0.05, 0.1) is 23.5 Å². The van der Waals surface area contributed by atoms with Gasteiger partial charge in [-0.15, -0.1) is 20.4 Å². The van der Waals surface area contributed by atoms with Crippen molar-refractivity contribution < 1.29 is 14.2 Å². The van der Waals surface area contributed by atoms with Gasteiger partial charge in [0.1, 0.15) is 49.0 Å². The molecule has 0 spiro atoms. The lowest BCUT2D eigenvalue weighted by molar-refractivity contribution is 0.161. The average Bonchev–Trinajstić information content (AvgIpc) is 4.23. The fraction of sp³-hybridized carbons (Fsp3) is 0.220. The highest BCUT2D eigenvalue weighted by Crippen LogP contribution is 2.27. The first-order valence-corrected chi connectivity index (χ1v) is 29.3. The zero-order chi connectivity index (χ0) is 53.3. The van der Waals surface area contributed by atoms with Gasteiger partial charge in [-0.05, 0) is 83.8 Å². The monoisotopic (exact) mass is 1040 g/mol. The maximum atomic E-state index is 5.89. The molecule has 17 nitrogen and oxygen atoms in total. The molecule has 0 saturated carbocycles. The van der Waals surface area contributed by atoms with Crippen molar-refractivity contribution in [2.45, 2.75) is 70.7 Å². The Bertz CT molecular complexity index is 2990. The highest BCUT2D eigenvalue weighted by atomic mass is 28.3. The zero-order valence-electron chi connectivity index (χ0n) is 43.8. The van der Waals surface area contributed by atoms with Crippen molar-refractivity contribution in [2.75, 3.05) is 23.8 Å². The summed E-state index contributed by atoms with van der Waals surface area (Å²) in [5, 5.41) is 36.0. The van der Waals surface area contributed by atoms with E-state index in [1.807, 2.05) is 165 Å². The average molecular weight is 1050 g/mol. The molecule has 0 bridgehead atoms. The molecule has 0 radical (unpaired) electrons. The molecule has 4 aromatic heterocycles. The van der Waals surface area contributed by atoms with Gasteiger partial charge in [0.25, 0.3) is 0 Å². The second kappa shape index (κ2) is 28.6. The van der Waals surface area contributed by atoms with Gasteiger partial charge in [-0.25, -0.2) is 19.9 Å². The van der Waals surface area contributed by atoms with Crippen LogP contribution >= 0.6 is 0 Å². The highest BCUT2D eigenvalue weighted by molar-refractivity contribution is 6.76. The van der Waals surface area contributed by atoms with E-state index in [0.29, 0.717) is 49.3 Å². The summed E-state index contributed by atoms with van der Waals surface area (Å²) in [5.74, 6) is 4.12. The molecule has 0 fully saturated rings. The molecule has 10 aromatic rings. The molecule has 4 heterocycles. The fourth-order valence-corrected chi connectivity index (χ4v) is 8.50. The van der Waals surface area contributed by atoms with Crippen LogP contribution in [0.3, 0.4) is 0 Å². The van der Waals surface area contributed by atoms with Crippen LogP contribution in [0.1, 0.15) is 52.9 Å². The van der Waals surface area contributed by atoms with Gasteiger partial charge in [0.2, 0.25) is 0 Å². The summed E-state index contributed by atoms with van der Waals surface area (Å²) in [6.07, 6.45) is 4.47. The third-order valence-corrected chi connectivity index (χ3v) is 13.6. The Balaban J connectivity index is 0.000000176. The van der Waals surface area contributed by atoms with Gasteiger partial charge >= 0.3 is 0 Å². The quantitative estimate of drug-likeness (QED) is 0.0367. The molecule has 0 aliphatic carbocycles. The minimum atomic E-state index is -0.819. The number of tetrazole rings is 2. The van der Waals surface area contributed by atoms with Gasteiger partial charge in [-0.1, -0.05) is 151 Å². The lowest BCUT2D eigenvalue weighted by atomic mass is 10.1. The second-order valence-corrected chi connectivity index (χ2v) is 24.6. The van der Waals surface area contributed by atoms with Crippen molar-refractivity contribution in [3.63, 3.8) is 0 Å². The lowest BCUT2D eigenvalue weighted by Gasteiger charge is -2.16. The SMILES string of the molecule is CCOCC[Si](C)(C)C.c1ccc(COc2ccc(-c3cc(NC(Cc4ccccc4)c4nn[nH]n4)ncn3)cc2)cc1.c1ccc(COc2ccc(-c3cc(NC(Cc4ccccc4)c4nn[nH]n4)ncn3)cc2)cc1. The van der Waals surface area contributed by atoms with E-state index in [1.165, 1.54) is 6.04 Å². The topological polar surface area (TPSA) is 212 Å². The van der Waals surface area contributed by atoms with Crippen LogP contribution < -0.4 is 20.1 Å². The van der Waals surface area contributed by atoms with Crippen LogP contribution in [-0.2, 0) is 30.8 Å². The van der Waals surface area contributed by atoms with Crippen LogP contribution in [0.2, 0.25) is 25.7 Å². The van der Waals surface area contributed by atoms with Crippen molar-refractivity contribution >= 4 is 19.7 Å². The maximum Gasteiger partial charge on any atom is 0.197 e. The maximum absolute atomic E-state index is 5.89. The number of hydrogen-bond donors (Lipinski definition) is 4. The largest absolute Gasteiger partial charge is 0.489 e. The Morgan fingerprint density at radius 2 is 0.870 bits per heavy atom. The number of nitrogens with one attached hydrogen (secondary N) is 4. The Kier molecular flexibility index (Phi) is 20.2. The summed E-state index contributed by atoms with van der Waals surface area (Å²) in [4.78, 5) is 17.7. The molecule has 4 N–H and O–H groups in total. The number of H-pyrrole nitrogens is 2. The Morgan fingerprint density at radius 3 is 1.22 bits per heavy atom. The van der Waals surface area contributed by atoms with E-state index in [4.69, 9.17) is 14.2 Å². The standard InChI is InChI=1S/2C26H23N7O.C7H18OSi/c2*1-3-7-19(8-4-1)15-24(26-30-32-33-31-26)29-25-16-23(27-18-28-25)21-11-13-22(14-12-21)34-17-20-9-5-2-6-10-20;1-5-8-6-7-9(2,3)4/h2*1-14,16,18,24H,15,17H2,(H,27,28,29)(H,30,31,32,33);5-7H2,1-4H3. The molecule has 2 atom stereocenters. The second-order valence-electron chi connectivity index (χ2n) is 19.0. The van der Waals surface area contributed by atoms with Crippen molar-refractivity contribution in [3.8, 4) is 34.0 Å². The van der Waals surface area contributed by atoms with Gasteiger partial charge in [0, 0.05) is 57.4 Å². The third kappa shape index (κ3) is 18.1. The van der Waals surface area contributed by atoms with Crippen LogP contribution in [0.4, 0.5) is 11.6 Å². The third-order valence-electron chi connectivity index (χ3n) is 11.9. The molecule has 6 aromatic carbocycles. The van der Waals surface area contributed by atoms with Crippen LogP contribution in [0.15, 0.2) is 195 Å². The predicted octanol–water partition coefficient (Wildman–Crippen LogP) is 11.6. The summed E-state index contributed by atoms with van der Waals surface area (Å²) in [6, 6.07) is 61.0. The molecule has 0 saturated heterocycles. The van der Waals surface area contributed by atoms with Crippen molar-refractivity contribution in [3.05, 3.63) is 229 Å². The summed E-state index contributed by atoms with van der Waals surface area (Å²) in [7, 11) is -0.819. The number of benzene rings is 6. The number of nitrogens with zero attached hydrogens (tertiary/aromatic N) is 10. The summed E-state index contributed by atoms with van der Waals surface area (Å²) >= 11 is 0. The Labute approximate surface area is 450 Å². The minimum Gasteiger partial charge on any atom is -0.489 e. The van der Waals surface area contributed by atoms with Gasteiger partial charge in [-0.3, -0.25) is 0 Å². The highest BCUT2D eigenvalue weighted by Gasteiger charge is 2.20. The molecule has 0 amide bonds. The lowest BCUT2D eigenvalue weighted by Crippen LogP contribution is -2.21. The van der Waals surface area contributed by atoms with E-state index in [2.05, 4.69) is 116 Å². The van der Waals surface area contributed by atoms with E-state index in [9.17, 15) is 0 Å². The Morgan fingerprint density at radius 1 is 0.481 bits per heavy atom. The van der Waals surface area contributed by atoms with E-state index >= 15 is 0 Å². The number of aromatic amines is 2. The molecule has 77 heavy (non-hydrogen) atoms. The normalized spacial score (nSPS) is 11.7. The number of aromatic nitrogens is 12. The van der Waals surface area contributed by atoms with Crippen LogP contribution in [0.25, 0.3) is 22.5 Å². The molecule has 2 unspecified atom stereocenters. The molecular weight excluding hydrogens is 981 g/mol. The molecule has 0 aliphatic rings. The van der Waals surface area contributed by atoms with Gasteiger partial charge in [-0.2, -0.15) is 10.4 Å². The van der Waals surface area contributed by atoms with Crippen LogP contribution in [0.5, 0.6) is 11.5 Å². The molecule has 10 rings (SSSR count). The zero-order valence-corrected chi connectivity index (χ0v) is 44.8. The number of ether oxygens (including phenoxy) is 3. The van der Waals surface area contributed by atoms with Crippen molar-refractivity contribution in [1.82, 2.24) is 61.2 Å². The van der Waals surface area contributed by atoms with Crippen molar-refractivity contribution in [1.29, 1.82) is 0 Å². The summed E-state index contributed by atoms with van der Waals surface area (Å²) in [5.41, 5.74) is 8.12. The first-order valence-electron chi connectivity index (χ1n) is 25.6. The van der Waals surface area contributed by atoms with E-state index in [1.54, 1.807) is 12.7 Å². The molecule has 0 aliphatic heterocycles. The predicted molar refractivity (Wildman–Crippen MR) is 303 cm³/mol. The first-order chi connectivity index (χ1) is 37.7. The Hall–Kier alpha value is -9.00. The van der Waals surface area contributed by atoms with Gasteiger partial charge in [0.15, 0.2) is 11.6 Å². The van der Waals surface area contributed by atoms with Gasteiger partial charge < -0.3 is 24.8 Å². The molecule has 392 valence electrons. The van der Waals surface area contributed by atoms with Crippen LogP contribution in [-0.4, -0.2) is 82.5 Å². The summed E-state index contributed by atoms with van der Waals surface area (Å²) in [6.45, 7) is 12.0.